The molecule has 25 rings (SSSR count). The van der Waals surface area contributed by atoms with Crippen LogP contribution in [0.5, 0.6) is 0 Å². The smallest absolute Gasteiger partial charge is 0.176 e. The average Bonchev–Trinajstić information content (AvgIpc) is 1.55. The Hall–Kier alpha value is -9.42. The van der Waals surface area contributed by atoms with Gasteiger partial charge in [0.05, 0.1) is 45.1 Å². The van der Waals surface area contributed by atoms with Gasteiger partial charge in [-0.2, -0.15) is 30.8 Å². The van der Waals surface area contributed by atoms with Crippen molar-refractivity contribution < 1.29 is 9.59 Å². The quantitative estimate of drug-likeness (QED) is 0.0679. The van der Waals surface area contributed by atoms with Crippen molar-refractivity contribution in [1.29, 1.82) is 0 Å². The Morgan fingerprint density at radius 3 is 1.37 bits per heavy atom. The minimum atomic E-state index is -0.280. The van der Waals surface area contributed by atoms with E-state index >= 15 is 0 Å². The van der Waals surface area contributed by atoms with Crippen LogP contribution in [0.25, 0.3) is 49.9 Å². The largest absolute Gasteiger partial charge is 0.302 e. The number of nitrogens with zero attached hydrogens (tertiary/aromatic N) is 4. The van der Waals surface area contributed by atoms with Gasteiger partial charge in [-0.25, -0.2) is 0 Å². The number of Topliss-reactive ketones (excluding diaryl/α,β-unsaturated/α-hetero) is 2. The van der Waals surface area contributed by atoms with Crippen LogP contribution in [0.2, 0.25) is 0 Å². The van der Waals surface area contributed by atoms with Crippen LogP contribution in [-0.2, 0) is 24.1 Å². The molecule has 18 aliphatic rings. The lowest BCUT2D eigenvalue weighted by Crippen LogP contribution is -2.28. The van der Waals surface area contributed by atoms with E-state index in [2.05, 4.69) is 196 Å². The van der Waals surface area contributed by atoms with Crippen molar-refractivity contribution in [3.05, 3.63) is 193 Å². The predicted molar refractivity (Wildman–Crippen MR) is 440 cm³/mol. The number of benzene rings is 5. The lowest BCUT2D eigenvalue weighted by molar-refractivity contribution is -0.119. The molecule has 10 bridgehead atoms. The molecule has 17 heteroatoms. The van der Waals surface area contributed by atoms with E-state index in [1.165, 1.54) is 182 Å². The van der Waals surface area contributed by atoms with Crippen molar-refractivity contribution in [3.8, 4) is 0 Å². The molecule has 5 fully saturated rings. The van der Waals surface area contributed by atoms with Crippen LogP contribution >= 0.6 is 0 Å². The fourth-order valence-corrected chi connectivity index (χ4v) is 25.2. The molecule has 108 heavy (non-hydrogen) atoms. The zero-order valence-corrected chi connectivity index (χ0v) is 65.4. The van der Waals surface area contributed by atoms with Crippen LogP contribution in [0.1, 0.15) is 246 Å². The molecule has 0 amide bonds. The first-order valence-electron chi connectivity index (χ1n) is 40.8. The predicted octanol–water partition coefficient (Wildman–Crippen LogP) is 20.5. The molecule has 2 aromatic heterocycles. The van der Waals surface area contributed by atoms with Crippen molar-refractivity contribution >= 4 is 95.6 Å². The number of hydrogen-bond acceptors (Lipinski definition) is 15. The summed E-state index contributed by atoms with van der Waals surface area (Å²) >= 11 is 0. The average molecular weight is 1440 g/mol. The molecule has 17 nitrogen and oxygen atoms in total. The van der Waals surface area contributed by atoms with Gasteiger partial charge in [-0.05, 0) is 338 Å². The SMILES string of the molecule is C=C1C(C)=C2c3ccc4c(c3C(=O)C23CCC1C3)NNN4.C=C1C(C)=C2c3ccc4c(c3C(C)C23CCC1C3)NNN4.C=C1C(C)=C2c3ccc4n[nH]nc4c3CC23CCC1C3.C=C1C(C)=C2c3ccc4n[nH]nc4c3CC23CCC1C3.CC.CC.CC.CC1=C2c3ccc4c(c3CC23CCC(C3)C1=O)NNN4. The Morgan fingerprint density at radius 1 is 0.389 bits per heavy atom. The van der Waals surface area contributed by atoms with Crippen LogP contribution in [0, 0.1) is 56.7 Å². The molecule has 5 spiro atoms. The number of allylic oxidation sites excluding steroid dienone is 14. The molecule has 5 heterocycles. The number of hydrazine groups is 6. The number of carbonyl (C=O) groups is 2. The van der Waals surface area contributed by atoms with Gasteiger partial charge >= 0.3 is 0 Å². The summed E-state index contributed by atoms with van der Waals surface area (Å²) in [5.74, 6) is 4.18. The van der Waals surface area contributed by atoms with Crippen LogP contribution in [0.3, 0.4) is 0 Å². The molecule has 3 aliphatic heterocycles. The number of hydrogen-bond donors (Lipinski definition) is 11. The van der Waals surface area contributed by atoms with E-state index in [-0.39, 0.29) is 16.7 Å². The Balaban J connectivity index is 0.0000000935. The second-order valence-electron chi connectivity index (χ2n) is 33.9. The van der Waals surface area contributed by atoms with Crippen molar-refractivity contribution in [2.45, 2.75) is 205 Å². The van der Waals surface area contributed by atoms with E-state index in [0.29, 0.717) is 57.4 Å². The fraction of sp³-hybridized carbons (Fsp3) is 0.451. The van der Waals surface area contributed by atoms with Gasteiger partial charge in [-0.1, -0.05) is 105 Å². The highest BCUT2D eigenvalue weighted by Crippen LogP contribution is 2.72. The van der Waals surface area contributed by atoms with Crippen LogP contribution in [0.4, 0.5) is 34.1 Å². The standard InChI is InChI=1S/C18H21N3.C17H17N3O.2C17H17N3.C16H17N3O.3C2H6/c1-9-10(2)16-13-4-5-14-17(20-21-19-14)15(13)11(3)18(16)7-6-12(9)8-18;1-8-9(2)14-11-3-4-12-15(19-20-18-12)13(11)16(21)17(14)6-5-10(8)7-17;2*1-9-10(2)15-12-3-4-14-16(19-20-18-14)13(12)8-17(15)6-5-11(9)7-17;1-8-13-10-2-3-12-14(18-19-17-12)11(10)7-16(13)5-4-9(6-16)15(8)20;3*1-2/h4-5,11-12,19-21H,1,6-8H2,2-3H3;3-4,10,18-20H,1,5-7H2,2H3;2*3-4,11H,1,5-8H2,2H3,(H,18,19,20);2-3,9,17-19H,4-7H2,1H3;3*1-2H3. The van der Waals surface area contributed by atoms with Crippen molar-refractivity contribution in [2.75, 3.05) is 32.6 Å². The summed E-state index contributed by atoms with van der Waals surface area (Å²) in [5, 5.41) is 22.8. The first kappa shape index (κ1) is 70.3. The summed E-state index contributed by atoms with van der Waals surface area (Å²) in [5.41, 5.74) is 72.2. The minimum absolute atomic E-state index is 0.240. The maximum atomic E-state index is 13.3. The number of H-pyrrole nitrogens is 2. The first-order chi connectivity index (χ1) is 52.4. The van der Waals surface area contributed by atoms with Gasteiger partial charge < -0.3 is 32.6 Å². The number of fused-ring (bicyclic) bond motifs is 25. The molecule has 5 aromatic carbocycles. The fourth-order valence-electron chi connectivity index (χ4n) is 25.2. The van der Waals surface area contributed by atoms with Crippen LogP contribution in [0.15, 0.2) is 137 Å². The minimum Gasteiger partial charge on any atom is -0.302 e. The van der Waals surface area contributed by atoms with Gasteiger partial charge in [0.25, 0.3) is 0 Å². The van der Waals surface area contributed by atoms with Gasteiger partial charge in [0.2, 0.25) is 0 Å². The molecule has 5 saturated carbocycles. The third-order valence-corrected chi connectivity index (χ3v) is 29.9. The summed E-state index contributed by atoms with van der Waals surface area (Å²) in [6.07, 6.45) is 21.4. The second-order valence-corrected chi connectivity index (χ2v) is 33.9. The van der Waals surface area contributed by atoms with E-state index < -0.39 is 0 Å². The zero-order chi connectivity index (χ0) is 75.2. The molecule has 11 N–H and O–H groups in total. The summed E-state index contributed by atoms with van der Waals surface area (Å²) in [6.45, 7) is 42.9. The number of rotatable bonds is 0. The molecular weight excluding hydrogens is 1340 g/mol. The lowest BCUT2D eigenvalue weighted by atomic mass is 9.67. The Labute approximate surface area is 635 Å². The third-order valence-electron chi connectivity index (χ3n) is 29.9. The number of nitrogens with one attached hydrogen (secondary N) is 11. The summed E-state index contributed by atoms with van der Waals surface area (Å²) in [7, 11) is 0. The van der Waals surface area contributed by atoms with Crippen molar-refractivity contribution in [3.63, 3.8) is 0 Å². The van der Waals surface area contributed by atoms with E-state index in [1.807, 2.05) is 54.5 Å². The van der Waals surface area contributed by atoms with Crippen molar-refractivity contribution in [2.24, 2.45) is 56.7 Å². The number of aromatic amines is 2. The summed E-state index contributed by atoms with van der Waals surface area (Å²) in [6, 6.07) is 21.6. The molecule has 7 aromatic rings. The highest BCUT2D eigenvalue weighted by molar-refractivity contribution is 6.23. The maximum absolute atomic E-state index is 13.3. The van der Waals surface area contributed by atoms with Gasteiger partial charge in [0.1, 0.15) is 22.1 Å². The highest BCUT2D eigenvalue weighted by Gasteiger charge is 2.61. The second kappa shape index (κ2) is 25.3. The molecule has 11 unspecified atom stereocenters. The van der Waals surface area contributed by atoms with Crippen molar-refractivity contribution in [1.82, 2.24) is 47.4 Å². The van der Waals surface area contributed by atoms with Crippen LogP contribution < -0.4 is 49.2 Å². The normalized spacial score (nSPS) is 30.7. The zero-order valence-electron chi connectivity index (χ0n) is 65.4. The third kappa shape index (κ3) is 9.45. The topological polar surface area (TPSA) is 226 Å². The summed E-state index contributed by atoms with van der Waals surface area (Å²) < 4.78 is 0. The summed E-state index contributed by atoms with van der Waals surface area (Å²) in [4.78, 5) is 25.7. The monoisotopic (exact) mass is 1440 g/mol. The van der Waals surface area contributed by atoms with E-state index in [4.69, 9.17) is 0 Å². The van der Waals surface area contributed by atoms with E-state index in [0.717, 1.165) is 107 Å². The number of aromatic nitrogens is 6. The Morgan fingerprint density at radius 2 is 0.796 bits per heavy atom. The Bertz CT molecular complexity index is 5220. The van der Waals surface area contributed by atoms with Crippen LogP contribution in [-0.4, -0.2) is 42.4 Å². The molecule has 15 aliphatic carbocycles. The van der Waals surface area contributed by atoms with Gasteiger partial charge in [-0.3, -0.25) is 9.59 Å². The molecule has 0 radical (unpaired) electrons. The van der Waals surface area contributed by atoms with Gasteiger partial charge in [0, 0.05) is 27.6 Å². The number of carbonyl (C=O) groups excluding carboxylic acids is 2. The lowest BCUT2D eigenvalue weighted by Gasteiger charge is -2.37. The molecule has 0 saturated heterocycles. The highest BCUT2D eigenvalue weighted by atomic mass is 16.1. The number of ketones is 2. The first-order valence-corrected chi connectivity index (χ1v) is 40.8. The Kier molecular flexibility index (Phi) is 16.5. The molecule has 11 atom stereocenters. The molecular formula is C91H107N15O2. The van der Waals surface area contributed by atoms with Gasteiger partial charge in [-0.15, -0.1) is 16.6 Å². The van der Waals surface area contributed by atoms with E-state index in [1.54, 1.807) is 16.7 Å². The molecule has 558 valence electrons. The maximum Gasteiger partial charge on any atom is 0.176 e. The van der Waals surface area contributed by atoms with Gasteiger partial charge in [0.15, 0.2) is 11.6 Å². The number of anilines is 6. The van der Waals surface area contributed by atoms with E-state index in [9.17, 15) is 9.59 Å².